The van der Waals surface area contributed by atoms with Crippen LogP contribution in [-0.4, -0.2) is 41.3 Å². The van der Waals surface area contributed by atoms with Crippen molar-refractivity contribution in [3.63, 3.8) is 0 Å². The van der Waals surface area contributed by atoms with E-state index in [1.807, 2.05) is 18.2 Å². The van der Waals surface area contributed by atoms with Crippen molar-refractivity contribution in [2.75, 3.05) is 25.0 Å². The van der Waals surface area contributed by atoms with Gasteiger partial charge in [0.25, 0.3) is 5.91 Å². The summed E-state index contributed by atoms with van der Waals surface area (Å²) in [6.45, 7) is 2.34. The summed E-state index contributed by atoms with van der Waals surface area (Å²) in [7, 11) is 0. The number of nitrogens with one attached hydrogen (secondary N) is 3. The Morgan fingerprint density at radius 1 is 1.13 bits per heavy atom. The molecule has 1 aliphatic heterocycles. The number of pyridine rings is 2. The van der Waals surface area contributed by atoms with Crippen LogP contribution in [-0.2, 0) is 13.0 Å². The number of hydrogen-bond acceptors (Lipinski definition) is 6. The Bertz CT molecular complexity index is 1090. The van der Waals surface area contributed by atoms with Crippen molar-refractivity contribution in [2.24, 2.45) is 4.99 Å². The minimum atomic E-state index is -0.265. The molecular formula is C23H23FN6O. The van der Waals surface area contributed by atoms with Gasteiger partial charge >= 0.3 is 0 Å². The van der Waals surface area contributed by atoms with Crippen LogP contribution < -0.4 is 16.0 Å². The molecule has 0 bridgehead atoms. The molecule has 0 fully saturated rings. The predicted octanol–water partition coefficient (Wildman–Crippen LogP) is 2.55. The van der Waals surface area contributed by atoms with Crippen molar-refractivity contribution in [3.05, 3.63) is 89.1 Å². The quantitative estimate of drug-likeness (QED) is 0.523. The van der Waals surface area contributed by atoms with Crippen LogP contribution >= 0.6 is 0 Å². The van der Waals surface area contributed by atoms with Crippen molar-refractivity contribution >= 4 is 17.6 Å². The number of amidine groups is 1. The average molecular weight is 418 g/mol. The summed E-state index contributed by atoms with van der Waals surface area (Å²) >= 11 is 0. The second-order valence-electron chi connectivity index (χ2n) is 7.10. The number of carbonyl (C=O) groups is 1. The second kappa shape index (κ2) is 9.80. The molecule has 7 nitrogen and oxygen atoms in total. The Morgan fingerprint density at radius 2 is 2.03 bits per heavy atom. The van der Waals surface area contributed by atoms with E-state index in [-0.39, 0.29) is 11.7 Å². The van der Waals surface area contributed by atoms with Crippen LogP contribution in [0, 0.1) is 5.82 Å². The molecule has 3 N–H and O–H groups in total. The number of anilines is 1. The topological polar surface area (TPSA) is 91.3 Å². The maximum Gasteiger partial charge on any atom is 0.255 e. The lowest BCUT2D eigenvalue weighted by Crippen LogP contribution is -2.26. The smallest absolute Gasteiger partial charge is 0.255 e. The molecule has 0 aliphatic carbocycles. The highest BCUT2D eigenvalue weighted by Gasteiger charge is 2.17. The van der Waals surface area contributed by atoms with Crippen LogP contribution in [0.2, 0.25) is 0 Å². The van der Waals surface area contributed by atoms with E-state index in [9.17, 15) is 9.18 Å². The first-order valence-corrected chi connectivity index (χ1v) is 10.1. The van der Waals surface area contributed by atoms with E-state index < -0.39 is 0 Å². The fourth-order valence-corrected chi connectivity index (χ4v) is 3.28. The van der Waals surface area contributed by atoms with Gasteiger partial charge < -0.3 is 16.0 Å². The number of carbonyl (C=O) groups excluding carboxylic acids is 1. The van der Waals surface area contributed by atoms with Gasteiger partial charge in [-0.25, -0.2) is 9.37 Å². The molecule has 0 atom stereocenters. The van der Waals surface area contributed by atoms with Crippen LogP contribution in [0.15, 0.2) is 65.9 Å². The minimum Gasteiger partial charge on any atom is -0.369 e. The van der Waals surface area contributed by atoms with Gasteiger partial charge in [-0.05, 0) is 47.9 Å². The summed E-state index contributed by atoms with van der Waals surface area (Å²) in [5.41, 5.74) is 2.89. The van der Waals surface area contributed by atoms with Crippen molar-refractivity contribution in [2.45, 2.75) is 13.0 Å². The fraction of sp³-hybridized carbons (Fsp3) is 0.217. The molecule has 31 heavy (non-hydrogen) atoms. The molecule has 0 unspecified atom stereocenters. The van der Waals surface area contributed by atoms with Crippen molar-refractivity contribution in [3.8, 4) is 0 Å². The Kier molecular flexibility index (Phi) is 6.47. The maximum atomic E-state index is 13.4. The Hall–Kier alpha value is -3.81. The van der Waals surface area contributed by atoms with E-state index in [0.717, 1.165) is 23.5 Å². The van der Waals surface area contributed by atoms with Gasteiger partial charge in [0.15, 0.2) is 0 Å². The second-order valence-corrected chi connectivity index (χ2v) is 7.10. The minimum absolute atomic E-state index is 0.238. The summed E-state index contributed by atoms with van der Waals surface area (Å²) in [4.78, 5) is 25.9. The monoisotopic (exact) mass is 418 g/mol. The van der Waals surface area contributed by atoms with Crippen molar-refractivity contribution in [1.29, 1.82) is 0 Å². The zero-order chi connectivity index (χ0) is 21.5. The van der Waals surface area contributed by atoms with Crippen LogP contribution in [0.25, 0.3) is 0 Å². The third-order valence-corrected chi connectivity index (χ3v) is 4.83. The number of nitrogens with zero attached hydrogens (tertiary/aromatic N) is 3. The van der Waals surface area contributed by atoms with Gasteiger partial charge in [-0.1, -0.05) is 18.2 Å². The van der Waals surface area contributed by atoms with E-state index in [2.05, 4.69) is 30.9 Å². The van der Waals surface area contributed by atoms with Gasteiger partial charge in [-0.2, -0.15) is 0 Å². The van der Waals surface area contributed by atoms with E-state index in [0.29, 0.717) is 43.1 Å². The summed E-state index contributed by atoms with van der Waals surface area (Å²) < 4.78 is 13.4. The first kappa shape index (κ1) is 20.5. The number of amides is 1. The largest absolute Gasteiger partial charge is 0.369 e. The van der Waals surface area contributed by atoms with E-state index >= 15 is 0 Å². The van der Waals surface area contributed by atoms with Gasteiger partial charge in [-0.15, -0.1) is 0 Å². The van der Waals surface area contributed by atoms with E-state index in [4.69, 9.17) is 0 Å². The molecule has 0 spiro atoms. The van der Waals surface area contributed by atoms with E-state index in [1.54, 1.807) is 30.6 Å². The molecule has 1 aromatic carbocycles. The molecule has 0 radical (unpaired) electrons. The highest BCUT2D eigenvalue weighted by molar-refractivity contribution is 6.02. The summed E-state index contributed by atoms with van der Waals surface area (Å²) in [6, 6.07) is 13.7. The third-order valence-electron chi connectivity index (χ3n) is 4.83. The molecule has 3 aromatic rings. The molecule has 0 saturated heterocycles. The van der Waals surface area contributed by atoms with Gasteiger partial charge in [0, 0.05) is 32.0 Å². The van der Waals surface area contributed by atoms with Crippen molar-refractivity contribution in [1.82, 2.24) is 20.6 Å². The first-order chi connectivity index (χ1) is 15.2. The number of aromatic nitrogens is 2. The molecule has 3 heterocycles. The number of rotatable bonds is 8. The van der Waals surface area contributed by atoms with Gasteiger partial charge in [0.1, 0.15) is 23.2 Å². The molecule has 1 aliphatic rings. The normalized spacial score (nSPS) is 12.7. The molecule has 1 amide bonds. The summed E-state index contributed by atoms with van der Waals surface area (Å²) in [5.74, 6) is 0.681. The van der Waals surface area contributed by atoms with Gasteiger partial charge in [-0.3, -0.25) is 14.8 Å². The lowest BCUT2D eigenvalue weighted by molar-refractivity contribution is 0.0951. The van der Waals surface area contributed by atoms with Gasteiger partial charge in [0.2, 0.25) is 0 Å². The Morgan fingerprint density at radius 3 is 2.81 bits per heavy atom. The zero-order valence-electron chi connectivity index (χ0n) is 16.9. The maximum absolute atomic E-state index is 13.4. The van der Waals surface area contributed by atoms with Crippen LogP contribution in [0.5, 0.6) is 0 Å². The number of hydrogen-bond donors (Lipinski definition) is 3. The van der Waals surface area contributed by atoms with Crippen LogP contribution in [0.3, 0.4) is 0 Å². The summed E-state index contributed by atoms with van der Waals surface area (Å²) in [5, 5.41) is 9.33. The number of aliphatic imine (C=N–C) groups is 1. The molecule has 158 valence electrons. The van der Waals surface area contributed by atoms with Crippen molar-refractivity contribution < 1.29 is 9.18 Å². The Balaban J connectivity index is 1.49. The van der Waals surface area contributed by atoms with Gasteiger partial charge in [0.05, 0.1) is 12.1 Å². The lowest BCUT2D eigenvalue weighted by atomic mass is 10.1. The van der Waals surface area contributed by atoms with Crippen LogP contribution in [0.4, 0.5) is 10.2 Å². The van der Waals surface area contributed by atoms with Crippen LogP contribution in [0.1, 0.15) is 27.2 Å². The number of benzene rings is 1. The number of halogens is 1. The summed E-state index contributed by atoms with van der Waals surface area (Å²) in [6.07, 6.45) is 4.00. The molecule has 2 aromatic heterocycles. The molecule has 0 saturated carbocycles. The molecule has 4 rings (SSSR count). The zero-order valence-corrected chi connectivity index (χ0v) is 16.9. The third kappa shape index (κ3) is 5.42. The lowest BCUT2D eigenvalue weighted by Gasteiger charge is -2.13. The standard InChI is InChI=1S/C23H23FN6O/c24-18-5-1-3-16(13-18)8-10-26-21-19(6-7-20(30-21)22-27-11-12-28-22)23(31)29-15-17-4-2-9-25-14-17/h1-7,9,13-14H,8,10-12,15H2,(H,26,30)(H,27,28)(H,29,31). The highest BCUT2D eigenvalue weighted by atomic mass is 19.1. The first-order valence-electron chi connectivity index (χ1n) is 10.1. The Labute approximate surface area is 179 Å². The molecular weight excluding hydrogens is 395 g/mol. The average Bonchev–Trinajstić information content (AvgIpc) is 3.33. The predicted molar refractivity (Wildman–Crippen MR) is 118 cm³/mol. The highest BCUT2D eigenvalue weighted by Crippen LogP contribution is 2.16. The molecule has 8 heteroatoms. The fourth-order valence-electron chi connectivity index (χ4n) is 3.28. The van der Waals surface area contributed by atoms with E-state index in [1.165, 1.54) is 12.1 Å². The SMILES string of the molecule is O=C(NCc1cccnc1)c1ccc(C2=NCCN2)nc1NCCc1cccc(F)c1.